The summed E-state index contributed by atoms with van der Waals surface area (Å²) >= 11 is 0. The first-order chi connectivity index (χ1) is 11.2. The van der Waals surface area contributed by atoms with Gasteiger partial charge >= 0.3 is 6.09 Å². The molecule has 0 aromatic heterocycles. The molecule has 1 aliphatic heterocycles. The third kappa shape index (κ3) is 4.79. The Hall–Kier alpha value is -1.92. The number of likely N-dealkylation sites (tertiary alicyclic amines) is 1. The van der Waals surface area contributed by atoms with E-state index >= 15 is 0 Å². The van der Waals surface area contributed by atoms with Crippen LogP contribution in [0.4, 0.5) is 18.0 Å². The highest BCUT2D eigenvalue weighted by atomic mass is 19.2. The fourth-order valence-electron chi connectivity index (χ4n) is 2.54. The van der Waals surface area contributed by atoms with Crippen LogP contribution in [0, 0.1) is 23.4 Å². The molecular weight excluding hydrogens is 323 g/mol. The van der Waals surface area contributed by atoms with Crippen molar-refractivity contribution in [1.82, 2.24) is 4.90 Å². The molecule has 0 spiro atoms. The molecule has 0 aliphatic carbocycles. The Kier molecular flexibility index (Phi) is 5.62. The highest BCUT2D eigenvalue weighted by Crippen LogP contribution is 2.26. The summed E-state index contributed by atoms with van der Waals surface area (Å²) in [6, 6.07) is 1.53. The van der Waals surface area contributed by atoms with Gasteiger partial charge in [0.05, 0.1) is 6.61 Å². The first-order valence-corrected chi connectivity index (χ1v) is 7.91. The summed E-state index contributed by atoms with van der Waals surface area (Å²) in [4.78, 5) is 13.6. The fourth-order valence-corrected chi connectivity index (χ4v) is 2.54. The number of piperidine rings is 1. The maximum atomic E-state index is 13.6. The summed E-state index contributed by atoms with van der Waals surface area (Å²) in [6.45, 7) is 6.28. The van der Waals surface area contributed by atoms with Gasteiger partial charge in [-0.3, -0.25) is 0 Å². The van der Waals surface area contributed by atoms with Gasteiger partial charge in [0.2, 0.25) is 5.82 Å². The van der Waals surface area contributed by atoms with E-state index in [1.165, 1.54) is 0 Å². The van der Waals surface area contributed by atoms with Crippen molar-refractivity contribution in [3.63, 3.8) is 0 Å². The van der Waals surface area contributed by atoms with Crippen LogP contribution in [0.15, 0.2) is 12.1 Å². The Balaban J connectivity index is 1.94. The van der Waals surface area contributed by atoms with Crippen molar-refractivity contribution in [2.75, 3.05) is 19.7 Å². The highest BCUT2D eigenvalue weighted by molar-refractivity contribution is 5.68. The summed E-state index contributed by atoms with van der Waals surface area (Å²) in [5.74, 6) is -4.27. The van der Waals surface area contributed by atoms with Gasteiger partial charge in [-0.15, -0.1) is 0 Å². The number of rotatable bonds is 3. The second-order valence-corrected chi connectivity index (χ2v) is 6.92. The molecule has 7 heteroatoms. The number of halogens is 3. The molecule has 1 heterocycles. The Morgan fingerprint density at radius 3 is 2.58 bits per heavy atom. The maximum absolute atomic E-state index is 13.6. The molecule has 24 heavy (non-hydrogen) atoms. The van der Waals surface area contributed by atoms with Crippen LogP contribution < -0.4 is 4.74 Å². The predicted octanol–water partition coefficient (Wildman–Crippen LogP) is 4.13. The van der Waals surface area contributed by atoms with Crippen LogP contribution in [0.2, 0.25) is 0 Å². The summed E-state index contributed by atoms with van der Waals surface area (Å²) < 4.78 is 50.8. The Morgan fingerprint density at radius 1 is 1.25 bits per heavy atom. The molecule has 1 aromatic carbocycles. The Bertz CT molecular complexity index is 601. The van der Waals surface area contributed by atoms with Crippen molar-refractivity contribution in [2.45, 2.75) is 39.2 Å². The van der Waals surface area contributed by atoms with E-state index in [2.05, 4.69) is 0 Å². The van der Waals surface area contributed by atoms with Crippen LogP contribution in [0.3, 0.4) is 0 Å². The lowest BCUT2D eigenvalue weighted by Crippen LogP contribution is -2.44. The van der Waals surface area contributed by atoms with E-state index in [0.717, 1.165) is 18.9 Å². The number of benzene rings is 1. The smallest absolute Gasteiger partial charge is 0.410 e. The molecule has 1 atom stereocenters. The van der Waals surface area contributed by atoms with E-state index in [1.54, 1.807) is 25.7 Å². The second-order valence-electron chi connectivity index (χ2n) is 6.92. The van der Waals surface area contributed by atoms with Crippen LogP contribution in [0.1, 0.15) is 33.6 Å². The molecule has 1 saturated heterocycles. The number of nitrogens with zero attached hydrogens (tertiary/aromatic N) is 1. The van der Waals surface area contributed by atoms with Gasteiger partial charge < -0.3 is 14.4 Å². The van der Waals surface area contributed by atoms with Crippen molar-refractivity contribution in [1.29, 1.82) is 0 Å². The van der Waals surface area contributed by atoms with Gasteiger partial charge in [-0.25, -0.2) is 13.6 Å². The van der Waals surface area contributed by atoms with E-state index in [4.69, 9.17) is 9.47 Å². The average Bonchev–Trinajstić information content (AvgIpc) is 2.50. The molecule has 0 N–H and O–H groups in total. The van der Waals surface area contributed by atoms with Gasteiger partial charge in [0, 0.05) is 19.0 Å². The minimum atomic E-state index is -1.34. The molecule has 1 fully saturated rings. The molecule has 1 amide bonds. The molecule has 4 nitrogen and oxygen atoms in total. The van der Waals surface area contributed by atoms with Crippen molar-refractivity contribution in [2.24, 2.45) is 5.92 Å². The number of ether oxygens (including phenoxy) is 2. The molecule has 134 valence electrons. The topological polar surface area (TPSA) is 38.8 Å². The van der Waals surface area contributed by atoms with Crippen LogP contribution >= 0.6 is 0 Å². The van der Waals surface area contributed by atoms with Crippen molar-refractivity contribution in [3.05, 3.63) is 29.6 Å². The Labute approximate surface area is 139 Å². The van der Waals surface area contributed by atoms with Crippen LogP contribution in [0.5, 0.6) is 5.75 Å². The van der Waals surface area contributed by atoms with Crippen LogP contribution in [-0.4, -0.2) is 36.3 Å². The predicted molar refractivity (Wildman–Crippen MR) is 82.3 cm³/mol. The molecule has 1 unspecified atom stereocenters. The van der Waals surface area contributed by atoms with Crippen molar-refractivity contribution >= 4 is 6.09 Å². The molecule has 1 aromatic rings. The summed E-state index contributed by atoms with van der Waals surface area (Å²) in [5, 5.41) is 0. The fraction of sp³-hybridized carbons (Fsp3) is 0.588. The summed E-state index contributed by atoms with van der Waals surface area (Å²) in [7, 11) is 0. The van der Waals surface area contributed by atoms with Gasteiger partial charge in [-0.05, 0) is 45.7 Å². The minimum absolute atomic E-state index is 0.00338. The average molecular weight is 345 g/mol. The van der Waals surface area contributed by atoms with E-state index < -0.39 is 34.9 Å². The molecule has 1 aliphatic rings. The monoisotopic (exact) mass is 345 g/mol. The zero-order valence-corrected chi connectivity index (χ0v) is 14.1. The first-order valence-electron chi connectivity index (χ1n) is 7.91. The normalized spacial score (nSPS) is 18.4. The lowest BCUT2D eigenvalue weighted by molar-refractivity contribution is 0.0137. The quantitative estimate of drug-likeness (QED) is 0.773. The van der Waals surface area contributed by atoms with Gasteiger partial charge in [0.25, 0.3) is 0 Å². The number of carbonyl (C=O) groups is 1. The number of amides is 1. The highest BCUT2D eigenvalue weighted by Gasteiger charge is 2.28. The first kappa shape index (κ1) is 18.4. The standard InChI is InChI=1S/C17H22F3NO3/c1-17(2,3)24-16(22)21-8-4-5-11(9-21)10-23-15-13(19)7-6-12(18)14(15)20/h6-7,11H,4-5,8-10H2,1-3H3. The Morgan fingerprint density at radius 2 is 1.92 bits per heavy atom. The van der Waals surface area contributed by atoms with Gasteiger partial charge in [-0.2, -0.15) is 4.39 Å². The number of hydrogen-bond acceptors (Lipinski definition) is 3. The molecule has 0 saturated carbocycles. The minimum Gasteiger partial charge on any atom is -0.487 e. The molecule has 0 bridgehead atoms. The molecule has 0 radical (unpaired) electrons. The third-order valence-electron chi connectivity index (χ3n) is 3.64. The summed E-state index contributed by atoms with van der Waals surface area (Å²) in [5.41, 5.74) is -0.589. The zero-order chi connectivity index (χ0) is 17.9. The van der Waals surface area contributed by atoms with Gasteiger partial charge in [0.15, 0.2) is 17.4 Å². The van der Waals surface area contributed by atoms with Crippen LogP contribution in [-0.2, 0) is 4.74 Å². The van der Waals surface area contributed by atoms with Gasteiger partial charge in [-0.1, -0.05) is 0 Å². The van der Waals surface area contributed by atoms with Crippen LogP contribution in [0.25, 0.3) is 0 Å². The zero-order valence-electron chi connectivity index (χ0n) is 14.1. The van der Waals surface area contributed by atoms with Crippen molar-refractivity contribution in [3.8, 4) is 5.75 Å². The van der Waals surface area contributed by atoms with E-state index in [1.807, 2.05) is 0 Å². The van der Waals surface area contributed by atoms with Crippen molar-refractivity contribution < 1.29 is 27.4 Å². The van der Waals surface area contributed by atoms with E-state index in [-0.39, 0.29) is 12.5 Å². The lowest BCUT2D eigenvalue weighted by Gasteiger charge is -2.34. The lowest BCUT2D eigenvalue weighted by atomic mass is 9.99. The molecular formula is C17H22F3NO3. The number of carbonyl (C=O) groups excluding carboxylic acids is 1. The maximum Gasteiger partial charge on any atom is 0.410 e. The molecule has 2 rings (SSSR count). The van der Waals surface area contributed by atoms with Gasteiger partial charge in [0.1, 0.15) is 5.60 Å². The van der Waals surface area contributed by atoms with E-state index in [0.29, 0.717) is 19.2 Å². The number of hydrogen-bond donors (Lipinski definition) is 0. The summed E-state index contributed by atoms with van der Waals surface area (Å²) in [6.07, 6.45) is 1.06. The SMILES string of the molecule is CC(C)(C)OC(=O)N1CCCC(COc2c(F)ccc(F)c2F)C1. The van der Waals surface area contributed by atoms with E-state index in [9.17, 15) is 18.0 Å². The largest absolute Gasteiger partial charge is 0.487 e. The third-order valence-corrected chi connectivity index (χ3v) is 3.64. The second kappa shape index (κ2) is 7.32.